The molecule has 22 heavy (non-hydrogen) atoms. The molecule has 1 aliphatic carbocycles. The van der Waals surface area contributed by atoms with Crippen LogP contribution in [0.3, 0.4) is 0 Å². The number of hydrogen-bond donors (Lipinski definition) is 2. The quantitative estimate of drug-likeness (QED) is 0.890. The van der Waals surface area contributed by atoms with Crippen LogP contribution in [0.1, 0.15) is 45.7 Å². The Labute approximate surface area is 130 Å². The van der Waals surface area contributed by atoms with Crippen LogP contribution >= 0.6 is 0 Å². The van der Waals surface area contributed by atoms with Crippen molar-refractivity contribution in [2.45, 2.75) is 38.8 Å². The number of benzene rings is 1. The Kier molecular flexibility index (Phi) is 4.53. The highest BCUT2D eigenvalue weighted by atomic mass is 16.5. The van der Waals surface area contributed by atoms with Gasteiger partial charge in [-0.3, -0.25) is 9.89 Å². The third-order valence-corrected chi connectivity index (χ3v) is 4.03. The fourth-order valence-electron chi connectivity index (χ4n) is 2.87. The Bertz CT molecular complexity index is 664. The lowest BCUT2D eigenvalue weighted by atomic mass is 9.90. The van der Waals surface area contributed by atoms with E-state index in [-0.39, 0.29) is 5.91 Å². The lowest BCUT2D eigenvalue weighted by Crippen LogP contribution is -2.23. The number of amides is 1. The molecule has 1 aromatic carbocycles. The number of aromatic nitrogens is 2. The molecule has 5 heteroatoms. The van der Waals surface area contributed by atoms with Gasteiger partial charge in [-0.15, -0.1) is 0 Å². The van der Waals surface area contributed by atoms with Gasteiger partial charge in [0.1, 0.15) is 0 Å². The van der Waals surface area contributed by atoms with Crippen molar-refractivity contribution in [1.29, 1.82) is 0 Å². The first-order valence-electron chi connectivity index (χ1n) is 7.68. The van der Waals surface area contributed by atoms with Gasteiger partial charge in [-0.05, 0) is 55.0 Å². The highest BCUT2D eigenvalue weighted by molar-refractivity contribution is 5.94. The molecule has 0 aliphatic heterocycles. The minimum atomic E-state index is -0.0451. The van der Waals surface area contributed by atoms with E-state index in [0.717, 1.165) is 29.8 Å². The zero-order valence-corrected chi connectivity index (χ0v) is 12.8. The maximum Gasteiger partial charge on any atom is 0.251 e. The van der Waals surface area contributed by atoms with Gasteiger partial charge in [0.05, 0.1) is 24.5 Å². The molecule has 2 N–H and O–H groups in total. The SMILES string of the molecule is COCc1cc(CNC(=O)c2ccc3c(c2)CCCC3)[nH]n1. The minimum Gasteiger partial charge on any atom is -0.378 e. The summed E-state index contributed by atoms with van der Waals surface area (Å²) in [5, 5.41) is 9.94. The maximum absolute atomic E-state index is 12.3. The molecule has 116 valence electrons. The molecule has 3 rings (SSSR count). The van der Waals surface area contributed by atoms with Crippen molar-refractivity contribution in [2.75, 3.05) is 7.11 Å². The van der Waals surface area contributed by atoms with Crippen LogP contribution in [0.2, 0.25) is 0 Å². The third-order valence-electron chi connectivity index (χ3n) is 4.03. The van der Waals surface area contributed by atoms with Crippen LogP contribution in [0.25, 0.3) is 0 Å². The van der Waals surface area contributed by atoms with E-state index in [1.807, 2.05) is 18.2 Å². The zero-order chi connectivity index (χ0) is 15.4. The number of nitrogens with zero attached hydrogens (tertiary/aromatic N) is 1. The molecule has 0 saturated carbocycles. The van der Waals surface area contributed by atoms with Crippen LogP contribution in [-0.4, -0.2) is 23.2 Å². The van der Waals surface area contributed by atoms with Gasteiger partial charge in [-0.2, -0.15) is 5.10 Å². The number of methoxy groups -OCH3 is 1. The van der Waals surface area contributed by atoms with E-state index in [4.69, 9.17) is 4.74 Å². The van der Waals surface area contributed by atoms with E-state index in [2.05, 4.69) is 21.6 Å². The first-order valence-corrected chi connectivity index (χ1v) is 7.68. The second-order valence-corrected chi connectivity index (χ2v) is 5.69. The van der Waals surface area contributed by atoms with Crippen molar-refractivity contribution < 1.29 is 9.53 Å². The summed E-state index contributed by atoms with van der Waals surface area (Å²) in [4.78, 5) is 12.3. The molecular weight excluding hydrogens is 278 g/mol. The topological polar surface area (TPSA) is 67.0 Å². The summed E-state index contributed by atoms with van der Waals surface area (Å²) in [7, 11) is 1.63. The second kappa shape index (κ2) is 6.75. The number of ether oxygens (including phenoxy) is 1. The number of aromatic amines is 1. The van der Waals surface area contributed by atoms with Gasteiger partial charge in [-0.1, -0.05) is 6.07 Å². The van der Waals surface area contributed by atoms with E-state index >= 15 is 0 Å². The molecule has 0 atom stereocenters. The standard InChI is InChI=1S/C17H21N3O2/c1-22-11-16-9-15(19-20-16)10-18-17(21)14-7-6-12-4-2-3-5-13(12)8-14/h6-9H,2-5,10-11H2,1H3,(H,18,21)(H,19,20). The molecule has 5 nitrogen and oxygen atoms in total. The van der Waals surface area contributed by atoms with Gasteiger partial charge in [0.15, 0.2) is 0 Å². The molecule has 0 radical (unpaired) electrons. The number of hydrogen-bond acceptors (Lipinski definition) is 3. The Morgan fingerprint density at radius 3 is 2.91 bits per heavy atom. The molecule has 1 aromatic heterocycles. The smallest absolute Gasteiger partial charge is 0.251 e. The van der Waals surface area contributed by atoms with Gasteiger partial charge in [0.25, 0.3) is 5.91 Å². The van der Waals surface area contributed by atoms with Crippen LogP contribution in [0.5, 0.6) is 0 Å². The van der Waals surface area contributed by atoms with Crippen LogP contribution in [0, 0.1) is 0 Å². The minimum absolute atomic E-state index is 0.0451. The predicted molar refractivity (Wildman–Crippen MR) is 83.6 cm³/mol. The highest BCUT2D eigenvalue weighted by Crippen LogP contribution is 2.22. The van der Waals surface area contributed by atoms with Gasteiger partial charge >= 0.3 is 0 Å². The Morgan fingerprint density at radius 1 is 1.27 bits per heavy atom. The number of nitrogens with one attached hydrogen (secondary N) is 2. The molecule has 0 spiro atoms. The van der Waals surface area contributed by atoms with Gasteiger partial charge in [0.2, 0.25) is 0 Å². The molecule has 1 heterocycles. The molecule has 0 bridgehead atoms. The Hall–Kier alpha value is -2.14. The van der Waals surface area contributed by atoms with Crippen molar-refractivity contribution in [3.05, 3.63) is 52.3 Å². The summed E-state index contributed by atoms with van der Waals surface area (Å²) in [5.74, 6) is -0.0451. The highest BCUT2D eigenvalue weighted by Gasteiger charge is 2.13. The number of H-pyrrole nitrogens is 1. The maximum atomic E-state index is 12.3. The first-order chi connectivity index (χ1) is 10.8. The van der Waals surface area contributed by atoms with Crippen LogP contribution < -0.4 is 5.32 Å². The predicted octanol–water partition coefficient (Wildman–Crippen LogP) is 2.36. The summed E-state index contributed by atoms with van der Waals surface area (Å²) < 4.78 is 5.02. The number of carbonyl (C=O) groups excluding carboxylic acids is 1. The monoisotopic (exact) mass is 299 g/mol. The van der Waals surface area contributed by atoms with Crippen molar-refractivity contribution in [1.82, 2.24) is 15.5 Å². The molecular formula is C17H21N3O2. The first kappa shape index (κ1) is 14.8. The largest absolute Gasteiger partial charge is 0.378 e. The average molecular weight is 299 g/mol. The van der Waals surface area contributed by atoms with Crippen LogP contribution in [-0.2, 0) is 30.7 Å². The van der Waals surface area contributed by atoms with E-state index in [1.165, 1.54) is 24.0 Å². The van der Waals surface area contributed by atoms with Crippen molar-refractivity contribution in [2.24, 2.45) is 0 Å². The lowest BCUT2D eigenvalue weighted by Gasteiger charge is -2.16. The van der Waals surface area contributed by atoms with Crippen LogP contribution in [0.15, 0.2) is 24.3 Å². The van der Waals surface area contributed by atoms with E-state index < -0.39 is 0 Å². The Morgan fingerprint density at radius 2 is 2.09 bits per heavy atom. The van der Waals surface area contributed by atoms with Gasteiger partial charge in [-0.25, -0.2) is 0 Å². The van der Waals surface area contributed by atoms with Crippen molar-refractivity contribution >= 4 is 5.91 Å². The van der Waals surface area contributed by atoms with Crippen molar-refractivity contribution in [3.63, 3.8) is 0 Å². The van der Waals surface area contributed by atoms with E-state index in [1.54, 1.807) is 7.11 Å². The van der Waals surface area contributed by atoms with Gasteiger partial charge in [0, 0.05) is 12.7 Å². The average Bonchev–Trinajstić information content (AvgIpc) is 3.00. The van der Waals surface area contributed by atoms with Gasteiger partial charge < -0.3 is 10.1 Å². The number of aryl methyl sites for hydroxylation is 2. The summed E-state index contributed by atoms with van der Waals surface area (Å²) >= 11 is 0. The molecule has 2 aromatic rings. The second-order valence-electron chi connectivity index (χ2n) is 5.69. The Balaban J connectivity index is 1.61. The number of carbonyl (C=O) groups is 1. The van der Waals surface area contributed by atoms with E-state index in [9.17, 15) is 4.79 Å². The van der Waals surface area contributed by atoms with Crippen LogP contribution in [0.4, 0.5) is 0 Å². The third kappa shape index (κ3) is 3.36. The summed E-state index contributed by atoms with van der Waals surface area (Å²) in [6, 6.07) is 7.95. The summed E-state index contributed by atoms with van der Waals surface area (Å²) in [6.07, 6.45) is 4.68. The zero-order valence-electron chi connectivity index (χ0n) is 12.8. The summed E-state index contributed by atoms with van der Waals surface area (Å²) in [6.45, 7) is 0.905. The van der Waals surface area contributed by atoms with E-state index in [0.29, 0.717) is 13.2 Å². The molecule has 0 unspecified atom stereocenters. The molecule has 1 amide bonds. The fourth-order valence-corrected chi connectivity index (χ4v) is 2.87. The fraction of sp³-hybridized carbons (Fsp3) is 0.412. The summed E-state index contributed by atoms with van der Waals surface area (Å²) in [5.41, 5.74) is 5.15. The lowest BCUT2D eigenvalue weighted by molar-refractivity contribution is 0.0950. The normalized spacial score (nSPS) is 13.7. The number of rotatable bonds is 5. The number of fused-ring (bicyclic) bond motifs is 1. The molecule has 0 fully saturated rings. The molecule has 1 aliphatic rings. The van der Waals surface area contributed by atoms with Crippen molar-refractivity contribution in [3.8, 4) is 0 Å². The molecule has 0 saturated heterocycles.